The molecule has 1 aliphatic rings. The fourth-order valence-corrected chi connectivity index (χ4v) is 1.58. The Morgan fingerprint density at radius 2 is 2.08 bits per heavy atom. The van der Waals surface area contributed by atoms with E-state index in [-0.39, 0.29) is 6.04 Å². The summed E-state index contributed by atoms with van der Waals surface area (Å²) in [6.45, 7) is 1.42. The molecule has 0 aliphatic heterocycles. The first kappa shape index (κ1) is 10.5. The van der Waals surface area contributed by atoms with Crippen molar-refractivity contribution in [3.63, 3.8) is 0 Å². The average molecular weight is 187 g/mol. The summed E-state index contributed by atoms with van der Waals surface area (Å²) in [5, 5.41) is 21.1. The van der Waals surface area contributed by atoms with Crippen LogP contribution in [0.4, 0.5) is 0 Å². The van der Waals surface area contributed by atoms with E-state index in [4.69, 9.17) is 5.11 Å². The van der Waals surface area contributed by atoms with Crippen molar-refractivity contribution in [3.05, 3.63) is 0 Å². The second kappa shape index (κ2) is 4.58. The molecular weight excluding hydrogens is 170 g/mol. The van der Waals surface area contributed by atoms with Crippen LogP contribution in [-0.4, -0.2) is 34.4 Å². The van der Waals surface area contributed by atoms with Crippen molar-refractivity contribution >= 4 is 5.91 Å². The molecule has 3 atom stereocenters. The highest BCUT2D eigenvalue weighted by atomic mass is 16.3. The molecule has 76 valence electrons. The van der Waals surface area contributed by atoms with Crippen LogP contribution in [0.15, 0.2) is 0 Å². The number of carbonyl (C=O) groups excluding carboxylic acids is 1. The van der Waals surface area contributed by atoms with E-state index >= 15 is 0 Å². The Morgan fingerprint density at radius 3 is 2.62 bits per heavy atom. The van der Waals surface area contributed by atoms with Crippen molar-refractivity contribution in [2.45, 2.75) is 50.9 Å². The second-order valence-corrected chi connectivity index (χ2v) is 3.64. The third-order valence-electron chi connectivity index (χ3n) is 2.44. The Labute approximate surface area is 78.0 Å². The Hall–Kier alpha value is -0.610. The highest BCUT2D eigenvalue weighted by Gasteiger charge is 2.25. The molecule has 0 heterocycles. The molecule has 1 aliphatic carbocycles. The minimum absolute atomic E-state index is 0.171. The van der Waals surface area contributed by atoms with Crippen LogP contribution in [0.25, 0.3) is 0 Å². The lowest BCUT2D eigenvalue weighted by atomic mass is 9.92. The minimum Gasteiger partial charge on any atom is -0.391 e. The molecule has 13 heavy (non-hydrogen) atoms. The minimum atomic E-state index is -0.992. The molecule has 0 aromatic carbocycles. The maximum atomic E-state index is 11.1. The quantitative estimate of drug-likeness (QED) is 0.560. The number of carbonyl (C=O) groups is 1. The topological polar surface area (TPSA) is 69.6 Å². The lowest BCUT2D eigenvalue weighted by Gasteiger charge is -2.28. The van der Waals surface area contributed by atoms with E-state index in [1.54, 1.807) is 0 Å². The van der Waals surface area contributed by atoms with Gasteiger partial charge >= 0.3 is 0 Å². The van der Waals surface area contributed by atoms with Crippen molar-refractivity contribution in [1.29, 1.82) is 0 Å². The predicted molar refractivity (Wildman–Crippen MR) is 48.1 cm³/mol. The van der Waals surface area contributed by atoms with Gasteiger partial charge in [0.05, 0.1) is 12.1 Å². The van der Waals surface area contributed by atoms with Crippen LogP contribution in [0.2, 0.25) is 0 Å². The van der Waals surface area contributed by atoms with Gasteiger partial charge in [-0.15, -0.1) is 0 Å². The van der Waals surface area contributed by atoms with Gasteiger partial charge < -0.3 is 15.5 Å². The van der Waals surface area contributed by atoms with Crippen molar-refractivity contribution in [3.8, 4) is 0 Å². The monoisotopic (exact) mass is 187 g/mol. The number of hydrogen-bond acceptors (Lipinski definition) is 3. The van der Waals surface area contributed by atoms with Crippen molar-refractivity contribution in [2.75, 3.05) is 0 Å². The smallest absolute Gasteiger partial charge is 0.248 e. The molecule has 0 aromatic heterocycles. The molecule has 4 nitrogen and oxygen atoms in total. The zero-order valence-corrected chi connectivity index (χ0v) is 7.86. The number of rotatable bonds is 2. The van der Waals surface area contributed by atoms with Gasteiger partial charge in [-0.3, -0.25) is 4.79 Å². The fraction of sp³-hybridized carbons (Fsp3) is 0.889. The van der Waals surface area contributed by atoms with Gasteiger partial charge in [0.2, 0.25) is 5.91 Å². The third-order valence-corrected chi connectivity index (χ3v) is 2.44. The molecule has 0 saturated heterocycles. The molecule has 4 heteroatoms. The van der Waals surface area contributed by atoms with E-state index in [1.807, 2.05) is 0 Å². The van der Waals surface area contributed by atoms with Crippen LogP contribution in [0.5, 0.6) is 0 Å². The first-order valence-corrected chi connectivity index (χ1v) is 4.78. The standard InChI is InChI=1S/C9H17NO3/c1-6(11)9(13)10-7-4-2-3-5-8(7)12/h6-8,11-12H,2-5H2,1H3,(H,10,13)/t6-,7-,8+/m0/s1. The lowest BCUT2D eigenvalue weighted by Crippen LogP contribution is -2.47. The molecule has 1 amide bonds. The van der Waals surface area contributed by atoms with E-state index in [2.05, 4.69) is 5.32 Å². The van der Waals surface area contributed by atoms with E-state index in [0.717, 1.165) is 25.7 Å². The Bertz CT molecular complexity index is 182. The van der Waals surface area contributed by atoms with E-state index in [1.165, 1.54) is 6.92 Å². The van der Waals surface area contributed by atoms with Gasteiger partial charge in [-0.2, -0.15) is 0 Å². The Morgan fingerprint density at radius 1 is 1.46 bits per heavy atom. The molecule has 1 rings (SSSR count). The molecule has 0 unspecified atom stereocenters. The molecule has 0 spiro atoms. The van der Waals surface area contributed by atoms with Crippen LogP contribution in [0.3, 0.4) is 0 Å². The van der Waals surface area contributed by atoms with Gasteiger partial charge in [-0.05, 0) is 19.8 Å². The van der Waals surface area contributed by atoms with Crippen LogP contribution in [-0.2, 0) is 4.79 Å². The number of aliphatic hydroxyl groups is 2. The summed E-state index contributed by atoms with van der Waals surface area (Å²) in [6, 6.07) is -0.171. The van der Waals surface area contributed by atoms with Crippen molar-refractivity contribution in [1.82, 2.24) is 5.32 Å². The summed E-state index contributed by atoms with van der Waals surface area (Å²) in [5.74, 6) is -0.397. The normalized spacial score (nSPS) is 31.0. The largest absolute Gasteiger partial charge is 0.391 e. The first-order chi connectivity index (χ1) is 6.11. The van der Waals surface area contributed by atoms with Gasteiger partial charge in [0.25, 0.3) is 0 Å². The SMILES string of the molecule is C[C@H](O)C(=O)N[C@H]1CCCC[C@H]1O. The zero-order chi connectivity index (χ0) is 9.84. The second-order valence-electron chi connectivity index (χ2n) is 3.64. The molecule has 1 saturated carbocycles. The van der Waals surface area contributed by atoms with Crippen molar-refractivity contribution < 1.29 is 15.0 Å². The van der Waals surface area contributed by atoms with Gasteiger partial charge in [-0.25, -0.2) is 0 Å². The summed E-state index contributed by atoms with van der Waals surface area (Å²) >= 11 is 0. The van der Waals surface area contributed by atoms with Crippen molar-refractivity contribution in [2.24, 2.45) is 0 Å². The first-order valence-electron chi connectivity index (χ1n) is 4.78. The van der Waals surface area contributed by atoms with Gasteiger partial charge in [0.1, 0.15) is 6.10 Å². The van der Waals surface area contributed by atoms with Gasteiger partial charge in [0, 0.05) is 0 Å². The predicted octanol–water partition coefficient (Wildman–Crippen LogP) is -0.213. The molecule has 0 bridgehead atoms. The van der Waals surface area contributed by atoms with Crippen LogP contribution in [0, 0.1) is 0 Å². The maximum absolute atomic E-state index is 11.1. The fourth-order valence-electron chi connectivity index (χ4n) is 1.58. The zero-order valence-electron chi connectivity index (χ0n) is 7.86. The molecule has 0 radical (unpaired) electrons. The summed E-state index contributed by atoms with van der Waals surface area (Å²) in [5.41, 5.74) is 0. The summed E-state index contributed by atoms with van der Waals surface area (Å²) in [6.07, 6.45) is 2.15. The number of amides is 1. The van der Waals surface area contributed by atoms with Crippen LogP contribution >= 0.6 is 0 Å². The average Bonchev–Trinajstić information content (AvgIpc) is 2.08. The maximum Gasteiger partial charge on any atom is 0.248 e. The van der Waals surface area contributed by atoms with Crippen LogP contribution in [0.1, 0.15) is 32.6 Å². The molecule has 0 aromatic rings. The summed E-state index contributed by atoms with van der Waals surface area (Å²) in [4.78, 5) is 11.1. The summed E-state index contributed by atoms with van der Waals surface area (Å²) in [7, 11) is 0. The summed E-state index contributed by atoms with van der Waals surface area (Å²) < 4.78 is 0. The number of hydrogen-bond donors (Lipinski definition) is 3. The third kappa shape index (κ3) is 2.97. The molecular formula is C9H17NO3. The van der Waals surface area contributed by atoms with Gasteiger partial charge in [0.15, 0.2) is 0 Å². The lowest BCUT2D eigenvalue weighted by molar-refractivity contribution is -0.130. The Kier molecular flexibility index (Phi) is 3.69. The number of nitrogens with one attached hydrogen (secondary N) is 1. The molecule has 1 fully saturated rings. The van der Waals surface area contributed by atoms with E-state index in [0.29, 0.717) is 0 Å². The molecule has 3 N–H and O–H groups in total. The highest BCUT2D eigenvalue weighted by molar-refractivity contribution is 5.80. The highest BCUT2D eigenvalue weighted by Crippen LogP contribution is 2.18. The van der Waals surface area contributed by atoms with Gasteiger partial charge in [-0.1, -0.05) is 12.8 Å². The van der Waals surface area contributed by atoms with E-state index in [9.17, 15) is 9.90 Å². The van der Waals surface area contributed by atoms with Crippen LogP contribution < -0.4 is 5.32 Å². The number of aliphatic hydroxyl groups excluding tert-OH is 2. The Balaban J connectivity index is 2.38. The van der Waals surface area contributed by atoms with E-state index < -0.39 is 18.1 Å².